The van der Waals surface area contributed by atoms with E-state index in [1.54, 1.807) is 0 Å². The van der Waals surface area contributed by atoms with Gasteiger partial charge in [-0.2, -0.15) is 5.10 Å². The molecule has 110 valence electrons. The highest BCUT2D eigenvalue weighted by Crippen LogP contribution is 2.15. The molecule has 1 aliphatic heterocycles. The van der Waals surface area contributed by atoms with Crippen molar-refractivity contribution in [1.29, 1.82) is 0 Å². The molecule has 0 unspecified atom stereocenters. The molecule has 0 aliphatic carbocycles. The molecule has 0 radical (unpaired) electrons. The van der Waals surface area contributed by atoms with Crippen LogP contribution in [0.1, 0.15) is 38.2 Å². The quantitative estimate of drug-likeness (QED) is 0.781. The van der Waals surface area contributed by atoms with E-state index < -0.39 is 0 Å². The van der Waals surface area contributed by atoms with Crippen molar-refractivity contribution in [1.82, 2.24) is 5.01 Å². The lowest BCUT2D eigenvalue weighted by molar-refractivity contribution is -0.131. The Hall–Kier alpha value is -1.79. The van der Waals surface area contributed by atoms with E-state index in [9.17, 15) is 4.79 Å². The average molecular weight is 303 g/mol. The Morgan fingerprint density at radius 3 is 2.67 bits per heavy atom. The first-order valence-electron chi connectivity index (χ1n) is 7.26. The maximum atomic E-state index is 11.8. The minimum absolute atomic E-state index is 0.0654. The van der Waals surface area contributed by atoms with Crippen LogP contribution in [0.2, 0.25) is 5.02 Å². The zero-order valence-electron chi connectivity index (χ0n) is 12.2. The molecule has 1 aliphatic rings. The van der Waals surface area contributed by atoms with Crippen molar-refractivity contribution in [2.45, 2.75) is 39.0 Å². The van der Waals surface area contributed by atoms with Crippen LogP contribution in [0.4, 0.5) is 0 Å². The van der Waals surface area contributed by atoms with Gasteiger partial charge in [-0.05, 0) is 37.0 Å². The molecule has 0 atom stereocenters. The van der Waals surface area contributed by atoms with Gasteiger partial charge < -0.3 is 0 Å². The van der Waals surface area contributed by atoms with Crippen LogP contribution in [0.3, 0.4) is 0 Å². The predicted octanol–water partition coefficient (Wildman–Crippen LogP) is 3.66. The summed E-state index contributed by atoms with van der Waals surface area (Å²) in [5, 5.41) is 6.69. The number of hydrogen-bond donors (Lipinski definition) is 0. The van der Waals surface area contributed by atoms with Gasteiger partial charge in [0.1, 0.15) is 6.54 Å². The molecule has 3 nitrogen and oxygen atoms in total. The van der Waals surface area contributed by atoms with Gasteiger partial charge in [-0.15, -0.1) is 5.92 Å². The van der Waals surface area contributed by atoms with Gasteiger partial charge in [-0.1, -0.05) is 36.6 Å². The molecule has 0 saturated heterocycles. The number of nitrogens with zero attached hydrogens (tertiary/aromatic N) is 2. The smallest absolute Gasteiger partial charge is 0.243 e. The van der Waals surface area contributed by atoms with E-state index in [4.69, 9.17) is 11.6 Å². The molecule has 0 spiro atoms. The van der Waals surface area contributed by atoms with Crippen molar-refractivity contribution in [2.75, 3.05) is 6.54 Å². The van der Waals surface area contributed by atoms with Crippen LogP contribution in [0.15, 0.2) is 29.4 Å². The summed E-state index contributed by atoms with van der Waals surface area (Å²) in [7, 11) is 0. The average Bonchev–Trinajstić information content (AvgIpc) is 2.49. The third-order valence-electron chi connectivity index (χ3n) is 3.32. The number of amides is 1. The molecule has 0 bridgehead atoms. The van der Waals surface area contributed by atoms with E-state index in [0.717, 1.165) is 36.4 Å². The van der Waals surface area contributed by atoms with Crippen LogP contribution in [-0.2, 0) is 11.2 Å². The van der Waals surface area contributed by atoms with E-state index in [1.807, 2.05) is 31.2 Å². The van der Waals surface area contributed by atoms with E-state index in [1.165, 1.54) is 10.6 Å². The number of halogens is 1. The molecule has 1 aromatic rings. The Balaban J connectivity index is 1.94. The first-order chi connectivity index (χ1) is 10.2. The molecule has 0 aromatic heterocycles. The van der Waals surface area contributed by atoms with Crippen molar-refractivity contribution >= 4 is 23.2 Å². The summed E-state index contributed by atoms with van der Waals surface area (Å²) >= 11 is 5.88. The van der Waals surface area contributed by atoms with Crippen molar-refractivity contribution in [3.8, 4) is 11.8 Å². The Morgan fingerprint density at radius 2 is 1.95 bits per heavy atom. The molecule has 1 aromatic carbocycles. The van der Waals surface area contributed by atoms with Crippen LogP contribution < -0.4 is 0 Å². The fourth-order valence-corrected chi connectivity index (χ4v) is 2.28. The number of carbonyl (C=O) groups excluding carboxylic acids is 1. The van der Waals surface area contributed by atoms with Gasteiger partial charge in [0.05, 0.1) is 0 Å². The third kappa shape index (κ3) is 4.91. The second kappa shape index (κ2) is 7.85. The zero-order chi connectivity index (χ0) is 15.1. The Kier molecular flexibility index (Phi) is 5.83. The van der Waals surface area contributed by atoms with Crippen LogP contribution in [0.5, 0.6) is 0 Å². The van der Waals surface area contributed by atoms with E-state index in [2.05, 4.69) is 16.9 Å². The van der Waals surface area contributed by atoms with Crippen molar-refractivity contribution < 1.29 is 4.79 Å². The molecule has 1 amide bonds. The van der Waals surface area contributed by atoms with Crippen molar-refractivity contribution in [2.24, 2.45) is 5.10 Å². The van der Waals surface area contributed by atoms with Crippen molar-refractivity contribution in [3.63, 3.8) is 0 Å². The lowest BCUT2D eigenvalue weighted by Crippen LogP contribution is -2.32. The van der Waals surface area contributed by atoms with Crippen LogP contribution in [0.25, 0.3) is 0 Å². The number of hydrazone groups is 1. The molecule has 1 heterocycles. The van der Waals surface area contributed by atoms with Gasteiger partial charge >= 0.3 is 0 Å². The molecule has 0 fully saturated rings. The molecule has 21 heavy (non-hydrogen) atoms. The summed E-state index contributed by atoms with van der Waals surface area (Å²) in [6.07, 6.45) is 3.87. The second-order valence-corrected chi connectivity index (χ2v) is 5.39. The summed E-state index contributed by atoms with van der Waals surface area (Å²) in [6, 6.07) is 7.86. The SMILES string of the molecule is CCC#CCN1N=C(CCc2ccc(Cl)cc2)CCC1=O. The minimum atomic E-state index is 0.0654. The van der Waals surface area contributed by atoms with Gasteiger partial charge in [-0.3, -0.25) is 4.79 Å². The van der Waals surface area contributed by atoms with Crippen molar-refractivity contribution in [3.05, 3.63) is 34.9 Å². The summed E-state index contributed by atoms with van der Waals surface area (Å²) in [6.45, 7) is 2.39. The topological polar surface area (TPSA) is 32.7 Å². The van der Waals surface area contributed by atoms with Gasteiger partial charge in [0.15, 0.2) is 0 Å². The molecular weight excluding hydrogens is 284 g/mol. The minimum Gasteiger partial charge on any atom is -0.273 e. The normalized spacial score (nSPS) is 14.5. The van der Waals surface area contributed by atoms with Gasteiger partial charge in [0, 0.05) is 23.6 Å². The Labute approximate surface area is 131 Å². The Bertz CT molecular complexity index is 581. The third-order valence-corrected chi connectivity index (χ3v) is 3.58. The number of rotatable bonds is 4. The molecule has 0 saturated carbocycles. The summed E-state index contributed by atoms with van der Waals surface area (Å²) in [5.74, 6) is 6.00. The lowest BCUT2D eigenvalue weighted by atomic mass is 10.0. The van der Waals surface area contributed by atoms with Gasteiger partial charge in [0.2, 0.25) is 5.91 Å². The first-order valence-corrected chi connectivity index (χ1v) is 7.63. The molecule has 4 heteroatoms. The van der Waals surface area contributed by atoms with E-state index in [0.29, 0.717) is 13.0 Å². The summed E-state index contributed by atoms with van der Waals surface area (Å²) in [4.78, 5) is 11.8. The zero-order valence-corrected chi connectivity index (χ0v) is 13.0. The van der Waals surface area contributed by atoms with E-state index in [-0.39, 0.29) is 5.91 Å². The number of benzene rings is 1. The highest BCUT2D eigenvalue weighted by atomic mass is 35.5. The maximum absolute atomic E-state index is 11.8. The fraction of sp³-hybridized carbons (Fsp3) is 0.412. The number of aryl methyl sites for hydroxylation is 1. The van der Waals surface area contributed by atoms with Crippen LogP contribution >= 0.6 is 11.6 Å². The summed E-state index contributed by atoms with van der Waals surface area (Å²) < 4.78 is 0. The monoisotopic (exact) mass is 302 g/mol. The lowest BCUT2D eigenvalue weighted by Gasteiger charge is -2.21. The molecular formula is C17H19ClN2O. The highest BCUT2D eigenvalue weighted by Gasteiger charge is 2.19. The highest BCUT2D eigenvalue weighted by molar-refractivity contribution is 6.30. The van der Waals surface area contributed by atoms with E-state index >= 15 is 0 Å². The standard InChI is InChI=1S/C17H19ClN2O/c1-2-3-4-13-20-17(21)12-11-16(19-20)10-7-14-5-8-15(18)9-6-14/h5-6,8-9H,2,7,10-13H2,1H3. The molecule has 2 rings (SSSR count). The number of hydrogen-bond acceptors (Lipinski definition) is 2. The first kappa shape index (κ1) is 15.6. The Morgan fingerprint density at radius 1 is 1.19 bits per heavy atom. The van der Waals surface area contributed by atoms with Crippen LogP contribution in [-0.4, -0.2) is 23.2 Å². The number of carbonyl (C=O) groups is 1. The largest absolute Gasteiger partial charge is 0.273 e. The summed E-state index contributed by atoms with van der Waals surface area (Å²) in [5.41, 5.74) is 2.30. The van der Waals surface area contributed by atoms with Gasteiger partial charge in [-0.25, -0.2) is 5.01 Å². The second-order valence-electron chi connectivity index (χ2n) is 4.95. The molecule has 0 N–H and O–H groups in total. The maximum Gasteiger partial charge on any atom is 0.243 e. The predicted molar refractivity (Wildman–Crippen MR) is 86.2 cm³/mol. The fourth-order valence-electron chi connectivity index (χ4n) is 2.15. The van der Waals surface area contributed by atoms with Gasteiger partial charge in [0.25, 0.3) is 0 Å². The van der Waals surface area contributed by atoms with Crippen LogP contribution in [0, 0.1) is 11.8 Å².